The van der Waals surface area contributed by atoms with Crippen LogP contribution in [0.4, 0.5) is 0 Å². The van der Waals surface area contributed by atoms with Crippen molar-refractivity contribution < 1.29 is 17.9 Å². The highest BCUT2D eigenvalue weighted by Crippen LogP contribution is 2.15. The molecular weight excluding hydrogens is 266 g/mol. The summed E-state index contributed by atoms with van der Waals surface area (Å²) in [6.45, 7) is 5.27. The number of hydrogen-bond donors (Lipinski definition) is 1. The number of hydrogen-bond acceptors (Lipinski definition) is 4. The SMILES string of the molecule is COCCOc1ccc(S(=O)(=O)NCC(C)C)cc1. The Morgan fingerprint density at radius 3 is 2.32 bits per heavy atom. The van der Waals surface area contributed by atoms with Gasteiger partial charge in [-0.05, 0) is 30.2 Å². The second kappa shape index (κ2) is 7.47. The lowest BCUT2D eigenvalue weighted by atomic mass is 10.2. The fraction of sp³-hybridized carbons (Fsp3) is 0.538. The van der Waals surface area contributed by atoms with Crippen LogP contribution in [0.2, 0.25) is 0 Å². The van der Waals surface area contributed by atoms with Gasteiger partial charge in [0, 0.05) is 13.7 Å². The molecule has 0 radical (unpaired) electrons. The molecule has 1 aromatic carbocycles. The molecule has 1 N–H and O–H groups in total. The average Bonchev–Trinajstić information content (AvgIpc) is 2.37. The Kier molecular flexibility index (Phi) is 6.27. The van der Waals surface area contributed by atoms with Crippen LogP contribution < -0.4 is 9.46 Å². The first kappa shape index (κ1) is 15.9. The highest BCUT2D eigenvalue weighted by molar-refractivity contribution is 7.89. The van der Waals surface area contributed by atoms with Crippen LogP contribution in [-0.4, -0.2) is 35.3 Å². The van der Waals surface area contributed by atoms with E-state index in [1.807, 2.05) is 13.8 Å². The Hall–Kier alpha value is -1.11. The van der Waals surface area contributed by atoms with Gasteiger partial charge in [0.1, 0.15) is 12.4 Å². The lowest BCUT2D eigenvalue weighted by molar-refractivity contribution is 0.146. The van der Waals surface area contributed by atoms with Gasteiger partial charge < -0.3 is 9.47 Å². The fourth-order valence-corrected chi connectivity index (χ4v) is 2.53. The standard InChI is InChI=1S/C13H21NO4S/c1-11(2)10-14-19(15,16)13-6-4-12(5-7-13)18-9-8-17-3/h4-7,11,14H,8-10H2,1-3H3. The third kappa shape index (κ3) is 5.59. The second-order valence-electron chi connectivity index (χ2n) is 4.56. The summed E-state index contributed by atoms with van der Waals surface area (Å²) >= 11 is 0. The minimum absolute atomic E-state index is 0.243. The molecule has 0 atom stereocenters. The van der Waals surface area contributed by atoms with Crippen LogP contribution >= 0.6 is 0 Å². The number of benzene rings is 1. The topological polar surface area (TPSA) is 64.6 Å². The zero-order valence-electron chi connectivity index (χ0n) is 11.5. The molecule has 0 spiro atoms. The fourth-order valence-electron chi connectivity index (χ4n) is 1.32. The Morgan fingerprint density at radius 1 is 1.16 bits per heavy atom. The van der Waals surface area contributed by atoms with Crippen LogP contribution in [0.3, 0.4) is 0 Å². The highest BCUT2D eigenvalue weighted by Gasteiger charge is 2.13. The third-order valence-electron chi connectivity index (χ3n) is 2.37. The molecule has 0 aromatic heterocycles. The van der Waals surface area contributed by atoms with Crippen molar-refractivity contribution >= 4 is 10.0 Å². The Balaban J connectivity index is 2.64. The van der Waals surface area contributed by atoms with Crippen molar-refractivity contribution in [3.63, 3.8) is 0 Å². The van der Waals surface area contributed by atoms with Gasteiger partial charge in [0.2, 0.25) is 10.0 Å². The molecule has 0 saturated carbocycles. The summed E-state index contributed by atoms with van der Waals surface area (Å²) in [5, 5.41) is 0. The molecule has 6 heteroatoms. The molecule has 1 aromatic rings. The molecule has 0 bridgehead atoms. The van der Waals surface area contributed by atoms with Crippen LogP contribution in [0.25, 0.3) is 0 Å². The Labute approximate surface area is 115 Å². The van der Waals surface area contributed by atoms with E-state index in [-0.39, 0.29) is 10.8 Å². The van der Waals surface area contributed by atoms with E-state index in [0.717, 1.165) is 0 Å². The van der Waals surface area contributed by atoms with E-state index in [2.05, 4.69) is 4.72 Å². The lowest BCUT2D eigenvalue weighted by Crippen LogP contribution is -2.27. The molecule has 108 valence electrons. The van der Waals surface area contributed by atoms with Crippen LogP contribution in [-0.2, 0) is 14.8 Å². The number of rotatable bonds is 8. The second-order valence-corrected chi connectivity index (χ2v) is 6.33. The van der Waals surface area contributed by atoms with E-state index in [1.165, 1.54) is 12.1 Å². The predicted octanol–water partition coefficient (Wildman–Crippen LogP) is 1.65. The quantitative estimate of drug-likeness (QED) is 0.738. The smallest absolute Gasteiger partial charge is 0.240 e. The number of sulfonamides is 1. The zero-order chi connectivity index (χ0) is 14.3. The molecule has 5 nitrogen and oxygen atoms in total. The van der Waals surface area contributed by atoms with E-state index in [4.69, 9.17) is 9.47 Å². The first-order chi connectivity index (χ1) is 8.95. The summed E-state index contributed by atoms with van der Waals surface area (Å²) in [6, 6.07) is 6.34. The number of methoxy groups -OCH3 is 1. The zero-order valence-corrected chi connectivity index (χ0v) is 12.4. The summed E-state index contributed by atoms with van der Waals surface area (Å²) in [6.07, 6.45) is 0. The van der Waals surface area contributed by atoms with Gasteiger partial charge in [0.25, 0.3) is 0 Å². The van der Waals surface area contributed by atoms with E-state index in [0.29, 0.717) is 25.5 Å². The molecular formula is C13H21NO4S. The van der Waals surface area contributed by atoms with Gasteiger partial charge in [-0.3, -0.25) is 0 Å². The molecule has 0 unspecified atom stereocenters. The van der Waals surface area contributed by atoms with Crippen molar-refractivity contribution in [3.8, 4) is 5.75 Å². The van der Waals surface area contributed by atoms with Gasteiger partial charge in [0.05, 0.1) is 11.5 Å². The maximum atomic E-state index is 11.9. The molecule has 0 fully saturated rings. The summed E-state index contributed by atoms with van der Waals surface area (Å²) < 4.78 is 36.7. The van der Waals surface area contributed by atoms with Crippen molar-refractivity contribution in [1.29, 1.82) is 0 Å². The molecule has 19 heavy (non-hydrogen) atoms. The first-order valence-corrected chi connectivity index (χ1v) is 7.65. The maximum absolute atomic E-state index is 11.9. The molecule has 0 heterocycles. The predicted molar refractivity (Wildman–Crippen MR) is 73.8 cm³/mol. The monoisotopic (exact) mass is 287 g/mol. The molecule has 0 saturated heterocycles. The number of nitrogens with one attached hydrogen (secondary N) is 1. The Bertz CT molecular complexity index is 468. The lowest BCUT2D eigenvalue weighted by Gasteiger charge is -2.10. The van der Waals surface area contributed by atoms with Gasteiger partial charge in [0.15, 0.2) is 0 Å². The van der Waals surface area contributed by atoms with Gasteiger partial charge in [-0.1, -0.05) is 13.8 Å². The van der Waals surface area contributed by atoms with Crippen molar-refractivity contribution in [2.24, 2.45) is 5.92 Å². The van der Waals surface area contributed by atoms with Crippen molar-refractivity contribution in [2.75, 3.05) is 26.9 Å². The third-order valence-corrected chi connectivity index (χ3v) is 3.81. The van der Waals surface area contributed by atoms with Gasteiger partial charge in [-0.25, -0.2) is 13.1 Å². The molecule has 1 rings (SSSR count). The first-order valence-electron chi connectivity index (χ1n) is 6.17. The largest absolute Gasteiger partial charge is 0.491 e. The van der Waals surface area contributed by atoms with Crippen LogP contribution in [0, 0.1) is 5.92 Å². The normalized spacial score (nSPS) is 11.8. The van der Waals surface area contributed by atoms with Gasteiger partial charge >= 0.3 is 0 Å². The summed E-state index contributed by atoms with van der Waals surface area (Å²) in [5.74, 6) is 0.895. The van der Waals surface area contributed by atoms with E-state index < -0.39 is 10.0 Å². The Morgan fingerprint density at radius 2 is 1.79 bits per heavy atom. The van der Waals surface area contributed by atoms with Gasteiger partial charge in [-0.15, -0.1) is 0 Å². The van der Waals surface area contributed by atoms with E-state index in [1.54, 1.807) is 19.2 Å². The maximum Gasteiger partial charge on any atom is 0.240 e. The van der Waals surface area contributed by atoms with Crippen molar-refractivity contribution in [3.05, 3.63) is 24.3 Å². The minimum Gasteiger partial charge on any atom is -0.491 e. The highest BCUT2D eigenvalue weighted by atomic mass is 32.2. The van der Waals surface area contributed by atoms with Crippen molar-refractivity contribution in [2.45, 2.75) is 18.7 Å². The van der Waals surface area contributed by atoms with Gasteiger partial charge in [-0.2, -0.15) is 0 Å². The summed E-state index contributed by atoms with van der Waals surface area (Å²) in [7, 11) is -1.83. The van der Waals surface area contributed by atoms with Crippen molar-refractivity contribution in [1.82, 2.24) is 4.72 Å². The minimum atomic E-state index is -3.43. The van der Waals surface area contributed by atoms with Crippen LogP contribution in [0.5, 0.6) is 5.75 Å². The summed E-state index contributed by atoms with van der Waals surface area (Å²) in [4.78, 5) is 0.243. The number of ether oxygens (including phenoxy) is 2. The molecule has 0 aliphatic heterocycles. The summed E-state index contributed by atoms with van der Waals surface area (Å²) in [5.41, 5.74) is 0. The molecule has 0 aliphatic carbocycles. The average molecular weight is 287 g/mol. The van der Waals surface area contributed by atoms with E-state index in [9.17, 15) is 8.42 Å². The van der Waals surface area contributed by atoms with E-state index >= 15 is 0 Å². The molecule has 0 aliphatic rings. The van der Waals surface area contributed by atoms with Crippen LogP contribution in [0.1, 0.15) is 13.8 Å². The van der Waals surface area contributed by atoms with Crippen LogP contribution in [0.15, 0.2) is 29.2 Å². The molecule has 0 amide bonds.